The second-order valence-corrected chi connectivity index (χ2v) is 7.38. The number of carbonyl (C=O) groups excluding carboxylic acids is 2. The third-order valence-electron chi connectivity index (χ3n) is 5.30. The molecule has 1 saturated heterocycles. The van der Waals surface area contributed by atoms with E-state index in [1.165, 1.54) is 19.3 Å². The molecule has 1 saturated carbocycles. The monoisotopic (exact) mass is 343 g/mol. The Balaban J connectivity index is 1.55. The molecule has 3 rings (SSSR count). The van der Waals surface area contributed by atoms with Crippen molar-refractivity contribution in [2.75, 3.05) is 11.9 Å². The standard InChI is InChI=1S/C20H29N3O2/c1-14-12-15(20(25)22-16-6-3-2-4-7-16)9-10-18(14)23-19(24)13-17-8-5-11-21-17/h9-10,12,16-17,21H,2-8,11,13H2,1H3,(H,22,25)(H,23,24). The van der Waals surface area contributed by atoms with Crippen LogP contribution < -0.4 is 16.0 Å². The molecule has 1 heterocycles. The van der Waals surface area contributed by atoms with Gasteiger partial charge in [0.15, 0.2) is 0 Å². The fourth-order valence-electron chi connectivity index (χ4n) is 3.82. The summed E-state index contributed by atoms with van der Waals surface area (Å²) in [6, 6.07) is 6.10. The summed E-state index contributed by atoms with van der Waals surface area (Å²) in [5.41, 5.74) is 2.37. The molecule has 25 heavy (non-hydrogen) atoms. The van der Waals surface area contributed by atoms with Gasteiger partial charge in [-0.25, -0.2) is 0 Å². The summed E-state index contributed by atoms with van der Waals surface area (Å²) in [7, 11) is 0. The van der Waals surface area contributed by atoms with E-state index < -0.39 is 0 Å². The summed E-state index contributed by atoms with van der Waals surface area (Å²) in [5, 5.41) is 9.45. The van der Waals surface area contributed by atoms with Gasteiger partial charge in [0.2, 0.25) is 5.91 Å². The van der Waals surface area contributed by atoms with Crippen LogP contribution in [0.15, 0.2) is 18.2 Å². The first-order chi connectivity index (χ1) is 12.1. The van der Waals surface area contributed by atoms with E-state index in [0.29, 0.717) is 24.1 Å². The highest BCUT2D eigenvalue weighted by molar-refractivity contribution is 5.96. The number of nitrogens with one attached hydrogen (secondary N) is 3. The lowest BCUT2D eigenvalue weighted by molar-refractivity contribution is -0.116. The van der Waals surface area contributed by atoms with E-state index >= 15 is 0 Å². The van der Waals surface area contributed by atoms with Crippen LogP contribution in [0.1, 0.15) is 67.3 Å². The molecule has 1 aliphatic carbocycles. The molecule has 2 aliphatic rings. The second kappa shape index (κ2) is 8.48. The summed E-state index contributed by atoms with van der Waals surface area (Å²) < 4.78 is 0. The van der Waals surface area contributed by atoms with Crippen LogP contribution >= 0.6 is 0 Å². The second-order valence-electron chi connectivity index (χ2n) is 7.38. The SMILES string of the molecule is Cc1cc(C(=O)NC2CCCCC2)ccc1NC(=O)CC1CCCN1. The number of anilines is 1. The van der Waals surface area contributed by atoms with Gasteiger partial charge in [-0.15, -0.1) is 0 Å². The molecular formula is C20H29N3O2. The molecule has 0 radical (unpaired) electrons. The van der Waals surface area contributed by atoms with Crippen molar-refractivity contribution in [3.8, 4) is 0 Å². The molecule has 1 unspecified atom stereocenters. The first-order valence-corrected chi connectivity index (χ1v) is 9.56. The average Bonchev–Trinajstić information content (AvgIpc) is 3.10. The quantitative estimate of drug-likeness (QED) is 0.769. The minimum Gasteiger partial charge on any atom is -0.349 e. The van der Waals surface area contributed by atoms with Crippen molar-refractivity contribution in [3.63, 3.8) is 0 Å². The zero-order chi connectivity index (χ0) is 17.6. The topological polar surface area (TPSA) is 70.2 Å². The molecule has 2 fully saturated rings. The maximum absolute atomic E-state index is 12.4. The lowest BCUT2D eigenvalue weighted by Crippen LogP contribution is -2.36. The first kappa shape index (κ1) is 17.9. The molecule has 1 aliphatic heterocycles. The Labute approximate surface area is 150 Å². The number of benzene rings is 1. The Hall–Kier alpha value is -1.88. The molecular weight excluding hydrogens is 314 g/mol. The molecule has 1 aromatic rings. The fraction of sp³-hybridized carbons (Fsp3) is 0.600. The highest BCUT2D eigenvalue weighted by Crippen LogP contribution is 2.20. The van der Waals surface area contributed by atoms with E-state index in [0.717, 1.165) is 43.5 Å². The molecule has 1 aromatic carbocycles. The van der Waals surface area contributed by atoms with Crippen LogP contribution in [0, 0.1) is 6.92 Å². The molecule has 136 valence electrons. The zero-order valence-corrected chi connectivity index (χ0v) is 15.1. The molecule has 0 aromatic heterocycles. The van der Waals surface area contributed by atoms with Gasteiger partial charge >= 0.3 is 0 Å². The van der Waals surface area contributed by atoms with E-state index in [9.17, 15) is 9.59 Å². The lowest BCUT2D eigenvalue weighted by Gasteiger charge is -2.23. The molecule has 2 amide bonds. The van der Waals surface area contributed by atoms with Crippen molar-refractivity contribution >= 4 is 17.5 Å². The van der Waals surface area contributed by atoms with E-state index in [1.807, 2.05) is 19.1 Å². The van der Waals surface area contributed by atoms with Gasteiger partial charge < -0.3 is 16.0 Å². The third kappa shape index (κ3) is 5.05. The molecule has 0 spiro atoms. The van der Waals surface area contributed by atoms with Gasteiger partial charge in [0.1, 0.15) is 0 Å². The van der Waals surface area contributed by atoms with Crippen LogP contribution in [0.2, 0.25) is 0 Å². The average molecular weight is 343 g/mol. The summed E-state index contributed by atoms with van der Waals surface area (Å²) in [5.74, 6) is 0.0185. The van der Waals surface area contributed by atoms with Gasteiger partial charge in [-0.3, -0.25) is 9.59 Å². The minimum absolute atomic E-state index is 0.0111. The third-order valence-corrected chi connectivity index (χ3v) is 5.30. The zero-order valence-electron chi connectivity index (χ0n) is 15.1. The molecule has 0 bridgehead atoms. The van der Waals surface area contributed by atoms with Gasteiger partial charge in [0.25, 0.3) is 5.91 Å². The summed E-state index contributed by atoms with van der Waals surface area (Å²) in [6.45, 7) is 2.93. The highest BCUT2D eigenvalue weighted by atomic mass is 16.2. The predicted molar refractivity (Wildman–Crippen MR) is 99.8 cm³/mol. The maximum atomic E-state index is 12.4. The summed E-state index contributed by atoms with van der Waals surface area (Å²) >= 11 is 0. The maximum Gasteiger partial charge on any atom is 0.251 e. The number of hydrogen-bond acceptors (Lipinski definition) is 3. The Morgan fingerprint density at radius 2 is 1.92 bits per heavy atom. The number of carbonyl (C=O) groups is 2. The predicted octanol–water partition coefficient (Wildman–Crippen LogP) is 3.14. The number of aryl methyl sites for hydroxylation is 1. The minimum atomic E-state index is -0.0111. The molecule has 3 N–H and O–H groups in total. The van der Waals surface area contributed by atoms with Crippen molar-refractivity contribution in [2.24, 2.45) is 0 Å². The highest BCUT2D eigenvalue weighted by Gasteiger charge is 2.19. The van der Waals surface area contributed by atoms with Gasteiger partial charge in [-0.2, -0.15) is 0 Å². The van der Waals surface area contributed by atoms with Crippen LogP contribution in [0.4, 0.5) is 5.69 Å². The lowest BCUT2D eigenvalue weighted by atomic mass is 9.95. The van der Waals surface area contributed by atoms with Crippen molar-refractivity contribution in [1.82, 2.24) is 10.6 Å². The number of rotatable bonds is 5. The van der Waals surface area contributed by atoms with E-state index in [4.69, 9.17) is 0 Å². The van der Waals surface area contributed by atoms with Crippen LogP contribution in [-0.2, 0) is 4.79 Å². The largest absolute Gasteiger partial charge is 0.349 e. The van der Waals surface area contributed by atoms with Crippen LogP contribution in [0.3, 0.4) is 0 Å². The first-order valence-electron chi connectivity index (χ1n) is 9.56. The Bertz CT molecular complexity index is 617. The van der Waals surface area contributed by atoms with E-state index in [2.05, 4.69) is 16.0 Å². The molecule has 5 heteroatoms. The Morgan fingerprint density at radius 3 is 2.60 bits per heavy atom. The van der Waals surface area contributed by atoms with Crippen molar-refractivity contribution in [3.05, 3.63) is 29.3 Å². The van der Waals surface area contributed by atoms with Gasteiger partial charge in [0, 0.05) is 29.8 Å². The summed E-state index contributed by atoms with van der Waals surface area (Å²) in [6.07, 6.45) is 8.53. The van der Waals surface area contributed by atoms with E-state index in [1.54, 1.807) is 6.07 Å². The Kier molecular flexibility index (Phi) is 6.08. The number of hydrogen-bond donors (Lipinski definition) is 3. The van der Waals surface area contributed by atoms with Crippen molar-refractivity contribution in [1.29, 1.82) is 0 Å². The Morgan fingerprint density at radius 1 is 1.12 bits per heavy atom. The van der Waals surface area contributed by atoms with Crippen molar-refractivity contribution in [2.45, 2.75) is 70.4 Å². The van der Waals surface area contributed by atoms with Crippen molar-refractivity contribution < 1.29 is 9.59 Å². The van der Waals surface area contributed by atoms with Crippen LogP contribution in [-0.4, -0.2) is 30.4 Å². The normalized spacial score (nSPS) is 21.1. The summed E-state index contributed by atoms with van der Waals surface area (Å²) in [4.78, 5) is 24.6. The molecule has 5 nitrogen and oxygen atoms in total. The van der Waals surface area contributed by atoms with Gasteiger partial charge in [-0.1, -0.05) is 19.3 Å². The smallest absolute Gasteiger partial charge is 0.251 e. The fourth-order valence-corrected chi connectivity index (χ4v) is 3.82. The van der Waals surface area contributed by atoms with Crippen LogP contribution in [0.5, 0.6) is 0 Å². The van der Waals surface area contributed by atoms with Gasteiger partial charge in [-0.05, 0) is 62.9 Å². The van der Waals surface area contributed by atoms with E-state index in [-0.39, 0.29) is 11.8 Å². The van der Waals surface area contributed by atoms with Crippen LogP contribution in [0.25, 0.3) is 0 Å². The van der Waals surface area contributed by atoms with Gasteiger partial charge in [0.05, 0.1) is 0 Å². The molecule has 1 atom stereocenters. The number of amides is 2.